The van der Waals surface area contributed by atoms with E-state index in [9.17, 15) is 0 Å². The summed E-state index contributed by atoms with van der Waals surface area (Å²) in [4.78, 5) is 0. The van der Waals surface area contributed by atoms with Crippen molar-refractivity contribution in [1.82, 2.24) is 0 Å². The number of hydrogen-bond acceptors (Lipinski definition) is 0. The van der Waals surface area contributed by atoms with Gasteiger partial charge in [0.15, 0.2) is 0 Å². The first-order chi connectivity index (χ1) is 6.86. The summed E-state index contributed by atoms with van der Waals surface area (Å²) in [5.41, 5.74) is 6.81. The SMILES string of the molecule is CC1=C=CC=C(c2ccccc2)C=C1. The van der Waals surface area contributed by atoms with Gasteiger partial charge in [-0.25, -0.2) is 0 Å². The average molecular weight is 180 g/mol. The Morgan fingerprint density at radius 2 is 1.79 bits per heavy atom. The van der Waals surface area contributed by atoms with E-state index in [1.54, 1.807) is 0 Å². The molecular weight excluding hydrogens is 168 g/mol. The van der Waals surface area contributed by atoms with Crippen molar-refractivity contribution in [2.75, 3.05) is 0 Å². The fourth-order valence-electron chi connectivity index (χ4n) is 1.40. The van der Waals surface area contributed by atoms with Gasteiger partial charge >= 0.3 is 0 Å². The number of hydrogen-bond donors (Lipinski definition) is 0. The lowest BCUT2D eigenvalue weighted by Crippen LogP contribution is -1.78. The number of rotatable bonds is 1. The van der Waals surface area contributed by atoms with E-state index < -0.39 is 0 Å². The van der Waals surface area contributed by atoms with Crippen molar-refractivity contribution < 1.29 is 0 Å². The van der Waals surface area contributed by atoms with E-state index >= 15 is 0 Å². The number of allylic oxidation sites excluding steroid dienone is 5. The highest BCUT2D eigenvalue weighted by Crippen LogP contribution is 2.17. The van der Waals surface area contributed by atoms with Crippen molar-refractivity contribution >= 4 is 5.57 Å². The van der Waals surface area contributed by atoms with Crippen LogP contribution in [0.5, 0.6) is 0 Å². The van der Waals surface area contributed by atoms with E-state index in [1.807, 2.05) is 12.1 Å². The van der Waals surface area contributed by atoms with E-state index in [0.29, 0.717) is 0 Å². The summed E-state index contributed by atoms with van der Waals surface area (Å²) in [5.74, 6) is 0. The van der Waals surface area contributed by atoms with E-state index in [2.05, 4.69) is 55.1 Å². The van der Waals surface area contributed by atoms with Crippen molar-refractivity contribution in [2.45, 2.75) is 6.92 Å². The molecule has 14 heavy (non-hydrogen) atoms. The molecule has 0 saturated heterocycles. The zero-order valence-corrected chi connectivity index (χ0v) is 8.20. The van der Waals surface area contributed by atoms with Gasteiger partial charge in [0, 0.05) is 0 Å². The predicted molar refractivity (Wildman–Crippen MR) is 60.8 cm³/mol. The highest BCUT2D eigenvalue weighted by atomic mass is 14.0. The third-order valence-corrected chi connectivity index (χ3v) is 2.19. The van der Waals surface area contributed by atoms with Gasteiger partial charge in [0.1, 0.15) is 0 Å². The molecule has 68 valence electrons. The third kappa shape index (κ3) is 1.93. The van der Waals surface area contributed by atoms with Crippen LogP contribution in [0.4, 0.5) is 0 Å². The van der Waals surface area contributed by atoms with Crippen LogP contribution in [0.1, 0.15) is 12.5 Å². The summed E-state index contributed by atoms with van der Waals surface area (Å²) in [6, 6.07) is 10.4. The highest BCUT2D eigenvalue weighted by molar-refractivity contribution is 5.76. The standard InChI is InChI=1S/C14H12/c1-12-6-5-9-14(11-10-12)13-7-3-2-4-8-13/h2-5,7-11H,1H3. The molecule has 0 spiro atoms. The molecule has 0 heteroatoms. The van der Waals surface area contributed by atoms with Crippen molar-refractivity contribution in [3.05, 3.63) is 71.5 Å². The summed E-state index contributed by atoms with van der Waals surface area (Å²) in [5, 5.41) is 0. The molecule has 0 heterocycles. The van der Waals surface area contributed by atoms with Crippen LogP contribution in [0.25, 0.3) is 5.57 Å². The molecule has 0 amide bonds. The Kier molecular flexibility index (Phi) is 2.48. The maximum atomic E-state index is 3.17. The summed E-state index contributed by atoms with van der Waals surface area (Å²) in [6.07, 6.45) is 8.27. The molecule has 0 nitrogen and oxygen atoms in total. The second-order valence-electron chi connectivity index (χ2n) is 3.32. The molecule has 0 bridgehead atoms. The lowest BCUT2D eigenvalue weighted by atomic mass is 10.1. The van der Waals surface area contributed by atoms with Crippen LogP contribution in [0, 0.1) is 0 Å². The average Bonchev–Trinajstić information content (AvgIpc) is 2.44. The van der Waals surface area contributed by atoms with Crippen LogP contribution in [0.15, 0.2) is 65.9 Å². The molecule has 0 atom stereocenters. The molecule has 0 aliphatic heterocycles. The van der Waals surface area contributed by atoms with E-state index in [1.165, 1.54) is 11.1 Å². The second-order valence-corrected chi connectivity index (χ2v) is 3.32. The summed E-state index contributed by atoms with van der Waals surface area (Å²) in [6.45, 7) is 2.05. The summed E-state index contributed by atoms with van der Waals surface area (Å²) >= 11 is 0. The van der Waals surface area contributed by atoms with Gasteiger partial charge in [-0.2, -0.15) is 0 Å². The zero-order chi connectivity index (χ0) is 9.80. The van der Waals surface area contributed by atoms with Gasteiger partial charge in [0.25, 0.3) is 0 Å². The minimum atomic E-state index is 1.16. The van der Waals surface area contributed by atoms with Crippen molar-refractivity contribution in [3.8, 4) is 0 Å². The van der Waals surface area contributed by atoms with Gasteiger partial charge < -0.3 is 0 Å². The molecule has 1 aromatic rings. The van der Waals surface area contributed by atoms with Crippen LogP contribution in [-0.4, -0.2) is 0 Å². The maximum Gasteiger partial charge on any atom is -0.00912 e. The van der Waals surface area contributed by atoms with Crippen molar-refractivity contribution in [3.63, 3.8) is 0 Å². The second kappa shape index (κ2) is 3.95. The topological polar surface area (TPSA) is 0 Å². The molecule has 0 N–H and O–H groups in total. The van der Waals surface area contributed by atoms with Gasteiger partial charge in [-0.1, -0.05) is 42.5 Å². The van der Waals surface area contributed by atoms with Gasteiger partial charge in [0.2, 0.25) is 0 Å². The van der Waals surface area contributed by atoms with Crippen molar-refractivity contribution in [2.24, 2.45) is 0 Å². The Labute approximate surface area is 84.6 Å². The normalized spacial score (nSPS) is 14.6. The molecule has 0 fully saturated rings. The fraction of sp³-hybridized carbons (Fsp3) is 0.0714. The quantitative estimate of drug-likeness (QED) is 0.577. The monoisotopic (exact) mass is 180 g/mol. The maximum absolute atomic E-state index is 3.17. The Hall–Kier alpha value is -1.78. The molecule has 1 aromatic carbocycles. The molecule has 1 aliphatic carbocycles. The molecular formula is C14H12. The molecule has 2 rings (SSSR count). The molecule has 0 radical (unpaired) electrons. The smallest absolute Gasteiger partial charge is 0.00912 e. The van der Waals surface area contributed by atoms with Gasteiger partial charge in [0.05, 0.1) is 0 Å². The highest BCUT2D eigenvalue weighted by Gasteiger charge is 1.96. The van der Waals surface area contributed by atoms with E-state index in [-0.39, 0.29) is 0 Å². The first-order valence-electron chi connectivity index (χ1n) is 4.73. The van der Waals surface area contributed by atoms with Crippen LogP contribution in [-0.2, 0) is 0 Å². The summed E-state index contributed by atoms with van der Waals surface area (Å²) < 4.78 is 0. The fourth-order valence-corrected chi connectivity index (χ4v) is 1.40. The predicted octanol–water partition coefficient (Wildman–Crippen LogP) is 3.74. The Balaban J connectivity index is 2.37. The van der Waals surface area contributed by atoms with Crippen molar-refractivity contribution in [1.29, 1.82) is 0 Å². The Morgan fingerprint density at radius 3 is 2.57 bits per heavy atom. The molecule has 0 saturated carbocycles. The largest absolute Gasteiger partial charge is 0.118 e. The Morgan fingerprint density at radius 1 is 1.00 bits per heavy atom. The van der Waals surface area contributed by atoms with Gasteiger partial charge in [-0.15, -0.1) is 5.73 Å². The van der Waals surface area contributed by atoms with Gasteiger partial charge in [-0.3, -0.25) is 0 Å². The van der Waals surface area contributed by atoms with Crippen LogP contribution in [0.2, 0.25) is 0 Å². The first kappa shape index (κ1) is 8.80. The lowest BCUT2D eigenvalue weighted by Gasteiger charge is -1.99. The minimum Gasteiger partial charge on any atom is -0.118 e. The lowest BCUT2D eigenvalue weighted by molar-refractivity contribution is 1.55. The number of benzene rings is 1. The van der Waals surface area contributed by atoms with Crippen LogP contribution >= 0.6 is 0 Å². The Bertz CT molecular complexity index is 438. The van der Waals surface area contributed by atoms with E-state index in [4.69, 9.17) is 0 Å². The summed E-state index contributed by atoms with van der Waals surface area (Å²) in [7, 11) is 0. The van der Waals surface area contributed by atoms with Crippen LogP contribution < -0.4 is 0 Å². The third-order valence-electron chi connectivity index (χ3n) is 2.19. The minimum absolute atomic E-state index is 1.16. The molecule has 0 unspecified atom stereocenters. The first-order valence-corrected chi connectivity index (χ1v) is 4.73. The molecule has 0 aromatic heterocycles. The molecule has 1 aliphatic rings. The zero-order valence-electron chi connectivity index (χ0n) is 8.20. The van der Waals surface area contributed by atoms with Gasteiger partial charge in [-0.05, 0) is 35.8 Å². The van der Waals surface area contributed by atoms with E-state index in [0.717, 1.165) is 5.57 Å². The van der Waals surface area contributed by atoms with Crippen LogP contribution in [0.3, 0.4) is 0 Å².